The first kappa shape index (κ1) is 19.4. The van der Waals surface area contributed by atoms with E-state index in [2.05, 4.69) is 20.3 Å². The lowest BCUT2D eigenvalue weighted by Gasteiger charge is -2.11. The predicted octanol–water partition coefficient (Wildman–Crippen LogP) is 5.34. The first-order valence-corrected chi connectivity index (χ1v) is 9.07. The molecule has 0 amide bonds. The third-order valence-electron chi connectivity index (χ3n) is 3.48. The van der Waals surface area contributed by atoms with Gasteiger partial charge in [-0.2, -0.15) is 13.2 Å². The van der Waals surface area contributed by atoms with Crippen molar-refractivity contribution < 1.29 is 13.2 Å². The molecule has 0 fully saturated rings. The van der Waals surface area contributed by atoms with Gasteiger partial charge in [-0.15, -0.1) is 0 Å². The van der Waals surface area contributed by atoms with Gasteiger partial charge >= 0.3 is 6.18 Å². The van der Waals surface area contributed by atoms with E-state index in [4.69, 9.17) is 17.3 Å². The lowest BCUT2D eigenvalue weighted by Crippen LogP contribution is -2.08. The zero-order chi connectivity index (χ0) is 19.8. The fraction of sp³-hybridized carbons (Fsp3) is 0.235. The molecule has 0 unspecified atom stereocenters. The van der Waals surface area contributed by atoms with Gasteiger partial charge in [0.2, 0.25) is 5.95 Å². The second kappa shape index (κ2) is 7.32. The van der Waals surface area contributed by atoms with Crippen molar-refractivity contribution in [3.05, 3.63) is 41.0 Å². The number of halogens is 4. The molecule has 3 N–H and O–H groups in total. The molecule has 0 spiro atoms. The number of nitrogens with zero attached hydrogens (tertiary/aromatic N) is 3. The van der Waals surface area contributed by atoms with Gasteiger partial charge in [0.15, 0.2) is 5.13 Å². The van der Waals surface area contributed by atoms with E-state index < -0.39 is 11.7 Å². The van der Waals surface area contributed by atoms with E-state index in [0.29, 0.717) is 15.7 Å². The predicted molar refractivity (Wildman–Crippen MR) is 102 cm³/mol. The van der Waals surface area contributed by atoms with Gasteiger partial charge in [-0.3, -0.25) is 0 Å². The normalized spacial score (nSPS) is 11.8. The molecule has 2 heterocycles. The van der Waals surface area contributed by atoms with Crippen LogP contribution >= 0.6 is 22.9 Å². The summed E-state index contributed by atoms with van der Waals surface area (Å²) < 4.78 is 39.1. The molecule has 0 aliphatic heterocycles. The van der Waals surface area contributed by atoms with Crippen LogP contribution in [0.2, 0.25) is 5.02 Å². The molecule has 27 heavy (non-hydrogen) atoms. The minimum absolute atomic E-state index is 0.0669. The second-order valence-electron chi connectivity index (χ2n) is 6.02. The third kappa shape index (κ3) is 4.48. The fourth-order valence-corrected chi connectivity index (χ4v) is 3.47. The van der Waals surface area contributed by atoms with E-state index in [1.165, 1.54) is 17.4 Å². The van der Waals surface area contributed by atoms with Crippen molar-refractivity contribution in [2.75, 3.05) is 11.1 Å². The number of nitrogen functional groups attached to an aromatic ring is 1. The molecule has 3 aromatic rings. The quantitative estimate of drug-likeness (QED) is 0.603. The number of rotatable bonds is 4. The van der Waals surface area contributed by atoms with Gasteiger partial charge in [-0.05, 0) is 38.1 Å². The Morgan fingerprint density at radius 1 is 1.15 bits per heavy atom. The zero-order valence-electron chi connectivity index (χ0n) is 14.3. The molecule has 10 heteroatoms. The summed E-state index contributed by atoms with van der Waals surface area (Å²) in [7, 11) is 0. The molecule has 0 aliphatic carbocycles. The number of alkyl halides is 3. The molecule has 142 valence electrons. The Hall–Kier alpha value is -2.39. The minimum atomic E-state index is -4.49. The molecule has 0 atom stereocenters. The number of nitrogens with one attached hydrogen (secondary N) is 1. The fourth-order valence-electron chi connectivity index (χ4n) is 2.33. The molecule has 1 aromatic carbocycles. The van der Waals surface area contributed by atoms with Crippen LogP contribution in [0.4, 0.5) is 24.3 Å². The van der Waals surface area contributed by atoms with Crippen molar-refractivity contribution in [3.8, 4) is 21.8 Å². The van der Waals surface area contributed by atoms with Crippen molar-refractivity contribution >= 4 is 34.0 Å². The summed E-state index contributed by atoms with van der Waals surface area (Å²) in [5.41, 5.74) is 5.76. The monoisotopic (exact) mass is 413 g/mol. The molecule has 0 saturated carbocycles. The number of thiazole rings is 1. The van der Waals surface area contributed by atoms with Crippen LogP contribution in [0.3, 0.4) is 0 Å². The maximum atomic E-state index is 13.0. The highest BCUT2D eigenvalue weighted by Gasteiger charge is 2.31. The number of benzene rings is 1. The van der Waals surface area contributed by atoms with Crippen molar-refractivity contribution in [1.29, 1.82) is 0 Å². The van der Waals surface area contributed by atoms with Gasteiger partial charge in [0.1, 0.15) is 0 Å². The lowest BCUT2D eigenvalue weighted by atomic mass is 10.1. The standard InChI is InChI=1S/C17H15ClF3N5S/c1-8(2)24-16-23-7-14(27-16)13-6-12(25-15(22)26-13)10-5-9(17(19,20)21)3-4-11(10)18/h3-8H,1-2H3,(H,23,24)(H2,22,25,26). The number of hydrogen-bond donors (Lipinski definition) is 2. The highest BCUT2D eigenvalue weighted by Crippen LogP contribution is 2.37. The van der Waals surface area contributed by atoms with Crippen molar-refractivity contribution in [3.63, 3.8) is 0 Å². The maximum Gasteiger partial charge on any atom is 0.416 e. The van der Waals surface area contributed by atoms with Crippen molar-refractivity contribution in [1.82, 2.24) is 15.0 Å². The van der Waals surface area contributed by atoms with Crippen LogP contribution in [0.15, 0.2) is 30.5 Å². The lowest BCUT2D eigenvalue weighted by molar-refractivity contribution is -0.137. The summed E-state index contributed by atoms with van der Waals surface area (Å²) in [4.78, 5) is 13.2. The van der Waals surface area contributed by atoms with Crippen molar-refractivity contribution in [2.45, 2.75) is 26.1 Å². The molecule has 5 nitrogen and oxygen atoms in total. The van der Waals surface area contributed by atoms with Gasteiger partial charge < -0.3 is 11.1 Å². The maximum absolute atomic E-state index is 13.0. The second-order valence-corrected chi connectivity index (χ2v) is 7.46. The third-order valence-corrected chi connectivity index (χ3v) is 4.76. The van der Waals surface area contributed by atoms with Crippen molar-refractivity contribution in [2.24, 2.45) is 0 Å². The zero-order valence-corrected chi connectivity index (χ0v) is 15.9. The van der Waals surface area contributed by atoms with Crippen LogP contribution < -0.4 is 11.1 Å². The van der Waals surface area contributed by atoms with E-state index in [1.54, 1.807) is 12.3 Å². The minimum Gasteiger partial charge on any atom is -0.368 e. The number of hydrogen-bond acceptors (Lipinski definition) is 6. The molecule has 0 bridgehead atoms. The van der Waals surface area contributed by atoms with E-state index in [1.807, 2.05) is 13.8 Å². The smallest absolute Gasteiger partial charge is 0.368 e. The molecule has 3 rings (SSSR count). The van der Waals surface area contributed by atoms with E-state index in [-0.39, 0.29) is 28.3 Å². The largest absolute Gasteiger partial charge is 0.416 e. The number of nitrogens with two attached hydrogens (primary N) is 1. The summed E-state index contributed by atoms with van der Waals surface area (Å²) in [5.74, 6) is -0.0669. The van der Waals surface area contributed by atoms with E-state index >= 15 is 0 Å². The first-order valence-electron chi connectivity index (χ1n) is 7.88. The van der Waals surface area contributed by atoms with Gasteiger partial charge in [0, 0.05) is 22.8 Å². The summed E-state index contributed by atoms with van der Waals surface area (Å²) in [6.45, 7) is 3.97. The number of aromatic nitrogens is 3. The van der Waals surface area contributed by atoms with Gasteiger partial charge in [-0.1, -0.05) is 22.9 Å². The SMILES string of the molecule is CC(C)Nc1ncc(-c2cc(-c3cc(C(F)(F)F)ccc3Cl)nc(N)n2)s1. The Kier molecular flexibility index (Phi) is 5.25. The highest BCUT2D eigenvalue weighted by atomic mass is 35.5. The van der Waals surface area contributed by atoms with Crippen LogP contribution in [0.25, 0.3) is 21.8 Å². The molecule has 2 aromatic heterocycles. The summed E-state index contributed by atoms with van der Waals surface area (Å²) in [6, 6.07) is 4.81. The van der Waals surface area contributed by atoms with Gasteiger partial charge in [-0.25, -0.2) is 15.0 Å². The Morgan fingerprint density at radius 2 is 1.85 bits per heavy atom. The molecule has 0 radical (unpaired) electrons. The van der Waals surface area contributed by atoms with E-state index in [0.717, 1.165) is 12.1 Å². The first-order chi connectivity index (χ1) is 12.6. The molecular weight excluding hydrogens is 399 g/mol. The van der Waals surface area contributed by atoms with Gasteiger partial charge in [0.05, 0.1) is 21.8 Å². The Labute approximate surface area is 162 Å². The Bertz CT molecular complexity index is 971. The average molecular weight is 414 g/mol. The Balaban J connectivity index is 2.05. The molecule has 0 aliphatic rings. The van der Waals surface area contributed by atoms with Crippen LogP contribution in [-0.4, -0.2) is 21.0 Å². The topological polar surface area (TPSA) is 76.7 Å². The van der Waals surface area contributed by atoms with Gasteiger partial charge in [0.25, 0.3) is 0 Å². The number of anilines is 2. The summed E-state index contributed by atoms with van der Waals surface area (Å²) >= 11 is 7.46. The van der Waals surface area contributed by atoms with Crippen LogP contribution in [0.1, 0.15) is 19.4 Å². The average Bonchev–Trinajstić information content (AvgIpc) is 3.01. The Morgan fingerprint density at radius 3 is 2.52 bits per heavy atom. The van der Waals surface area contributed by atoms with Crippen LogP contribution in [0.5, 0.6) is 0 Å². The summed E-state index contributed by atoms with van der Waals surface area (Å²) in [5, 5.41) is 4.02. The molecule has 0 saturated heterocycles. The van der Waals surface area contributed by atoms with Crippen LogP contribution in [0, 0.1) is 0 Å². The summed E-state index contributed by atoms with van der Waals surface area (Å²) in [6.07, 6.45) is -2.87. The highest BCUT2D eigenvalue weighted by molar-refractivity contribution is 7.18. The molecular formula is C17H15ClF3N5S. The van der Waals surface area contributed by atoms with Crippen LogP contribution in [-0.2, 0) is 6.18 Å². The van der Waals surface area contributed by atoms with E-state index in [9.17, 15) is 13.2 Å².